The van der Waals surface area contributed by atoms with E-state index in [1.807, 2.05) is 0 Å². The first-order valence-electron chi connectivity index (χ1n) is 6.32. The number of hydrogen-bond donors (Lipinski definition) is 2. The van der Waals surface area contributed by atoms with E-state index in [0.29, 0.717) is 0 Å². The highest BCUT2D eigenvalue weighted by molar-refractivity contribution is 5.99. The molecule has 1 unspecified atom stereocenters. The Bertz CT molecular complexity index is 413. The van der Waals surface area contributed by atoms with E-state index in [4.69, 9.17) is 10.2 Å². The van der Waals surface area contributed by atoms with Crippen LogP contribution in [-0.2, 0) is 28.7 Å². The van der Waals surface area contributed by atoms with Crippen molar-refractivity contribution in [2.45, 2.75) is 19.8 Å². The molecule has 0 aliphatic rings. The van der Waals surface area contributed by atoms with Crippen molar-refractivity contribution < 1.29 is 38.9 Å². The Labute approximate surface area is 128 Å². The zero-order chi connectivity index (χ0) is 17.7. The highest BCUT2D eigenvalue weighted by atomic mass is 16.5. The zero-order valence-electron chi connectivity index (χ0n) is 13.0. The van der Waals surface area contributed by atoms with Gasteiger partial charge in [0.15, 0.2) is 11.6 Å². The molecule has 0 amide bonds. The van der Waals surface area contributed by atoms with E-state index >= 15 is 0 Å². The van der Waals surface area contributed by atoms with Crippen molar-refractivity contribution in [1.82, 2.24) is 0 Å². The number of carbonyl (C=O) groups is 4. The van der Waals surface area contributed by atoms with Crippen LogP contribution < -0.4 is 0 Å². The predicted octanol–water partition coefficient (Wildman–Crippen LogP) is -0.586. The van der Waals surface area contributed by atoms with Crippen molar-refractivity contribution in [1.29, 1.82) is 0 Å². The Morgan fingerprint density at radius 1 is 1.00 bits per heavy atom. The van der Waals surface area contributed by atoms with Gasteiger partial charge in [0.2, 0.25) is 0 Å². The Hall–Kier alpha value is -2.06. The van der Waals surface area contributed by atoms with Crippen LogP contribution in [-0.4, -0.2) is 61.2 Å². The third-order valence-corrected chi connectivity index (χ3v) is 2.53. The van der Waals surface area contributed by atoms with E-state index in [-0.39, 0.29) is 24.2 Å². The molecule has 8 heteroatoms. The Kier molecular flexibility index (Phi) is 12.8. The van der Waals surface area contributed by atoms with Crippen LogP contribution in [0.1, 0.15) is 19.8 Å². The lowest BCUT2D eigenvalue weighted by atomic mass is 10.0. The fraction of sp³-hybridized carbons (Fsp3) is 0.571. The van der Waals surface area contributed by atoms with Gasteiger partial charge >= 0.3 is 11.9 Å². The minimum atomic E-state index is -0.615. The van der Waals surface area contributed by atoms with Crippen LogP contribution in [0.25, 0.3) is 0 Å². The number of methoxy groups -OCH3 is 2. The molecule has 0 aromatic carbocycles. The lowest BCUT2D eigenvalue weighted by Crippen LogP contribution is -2.18. The summed E-state index contributed by atoms with van der Waals surface area (Å²) in [6.45, 7) is 3.75. The summed E-state index contributed by atoms with van der Waals surface area (Å²) in [5.41, 5.74) is 0.0688. The molecular weight excluding hydrogens is 296 g/mol. The maximum absolute atomic E-state index is 10.7. The Morgan fingerprint density at radius 2 is 1.50 bits per heavy atom. The zero-order valence-corrected chi connectivity index (χ0v) is 13.0. The van der Waals surface area contributed by atoms with Gasteiger partial charge in [-0.1, -0.05) is 13.5 Å². The molecule has 1 atom stereocenters. The molecule has 0 fully saturated rings. The summed E-state index contributed by atoms with van der Waals surface area (Å²) in [6, 6.07) is 0. The molecular formula is C14H22O8. The van der Waals surface area contributed by atoms with Gasteiger partial charge in [0.25, 0.3) is 0 Å². The number of ether oxygens (including phenoxy) is 2. The molecule has 0 aliphatic heterocycles. The van der Waals surface area contributed by atoms with Crippen molar-refractivity contribution >= 4 is 23.5 Å². The first kappa shape index (κ1) is 22.2. The predicted molar refractivity (Wildman–Crippen MR) is 75.8 cm³/mol. The van der Waals surface area contributed by atoms with Crippen LogP contribution in [0.15, 0.2) is 12.2 Å². The third-order valence-electron chi connectivity index (χ3n) is 2.53. The van der Waals surface area contributed by atoms with Crippen LogP contribution in [0.4, 0.5) is 0 Å². The quantitative estimate of drug-likeness (QED) is 0.449. The summed E-state index contributed by atoms with van der Waals surface area (Å²) in [6.07, 6.45) is -0.119. The van der Waals surface area contributed by atoms with E-state index in [1.54, 1.807) is 6.92 Å². The summed E-state index contributed by atoms with van der Waals surface area (Å²) in [4.78, 5) is 42.4. The van der Waals surface area contributed by atoms with Crippen LogP contribution in [0.3, 0.4) is 0 Å². The van der Waals surface area contributed by atoms with Gasteiger partial charge in [0, 0.05) is 11.5 Å². The number of ketones is 2. The van der Waals surface area contributed by atoms with Crippen molar-refractivity contribution in [3.05, 3.63) is 12.2 Å². The largest absolute Gasteiger partial charge is 0.469 e. The van der Waals surface area contributed by atoms with Gasteiger partial charge in [0.1, 0.15) is 13.2 Å². The van der Waals surface area contributed by atoms with Gasteiger partial charge in [0.05, 0.1) is 27.1 Å². The normalized spacial score (nSPS) is 10.6. The molecule has 0 saturated carbocycles. The molecule has 0 heterocycles. The van der Waals surface area contributed by atoms with Gasteiger partial charge in [-0.25, -0.2) is 0 Å². The molecule has 8 nitrogen and oxygen atoms in total. The summed E-state index contributed by atoms with van der Waals surface area (Å²) in [7, 11) is 2.48. The first-order valence-corrected chi connectivity index (χ1v) is 6.32. The average Bonchev–Trinajstić information content (AvgIpc) is 2.52. The topological polar surface area (TPSA) is 127 Å². The molecule has 0 aromatic rings. The van der Waals surface area contributed by atoms with E-state index in [2.05, 4.69) is 16.1 Å². The minimum Gasteiger partial charge on any atom is -0.469 e. The summed E-state index contributed by atoms with van der Waals surface area (Å²) in [5.74, 6) is -2.28. The monoisotopic (exact) mass is 318 g/mol. The second-order valence-electron chi connectivity index (χ2n) is 4.24. The fourth-order valence-electron chi connectivity index (χ4n) is 1.06. The number of carbonyl (C=O) groups excluding carboxylic acids is 4. The van der Waals surface area contributed by atoms with Gasteiger partial charge in [-0.15, -0.1) is 0 Å². The molecule has 2 N–H and O–H groups in total. The standard InChI is InChI=1S/C7H12O4.C7H10O4/c2*1-5(6(9)4-8)3-7(10)11-2/h5,8H,3-4H2,1-2H3;8H,1,3-4H2,2H3. The number of Topliss-reactive ketones (excluding diaryl/α,β-unsaturated/α-hetero) is 2. The van der Waals surface area contributed by atoms with Crippen LogP contribution in [0.5, 0.6) is 0 Å². The summed E-state index contributed by atoms with van der Waals surface area (Å²) >= 11 is 0. The molecule has 126 valence electrons. The number of rotatable bonds is 8. The number of esters is 2. The van der Waals surface area contributed by atoms with Crippen LogP contribution in [0, 0.1) is 5.92 Å². The maximum Gasteiger partial charge on any atom is 0.310 e. The van der Waals surface area contributed by atoms with Crippen LogP contribution >= 0.6 is 0 Å². The SMILES string of the molecule is C=C(CC(=O)OC)C(=O)CO.COC(=O)CC(C)C(=O)CO. The van der Waals surface area contributed by atoms with E-state index < -0.39 is 36.9 Å². The third kappa shape index (κ3) is 10.7. The molecule has 0 rings (SSSR count). The number of aliphatic hydroxyl groups excluding tert-OH is 2. The summed E-state index contributed by atoms with van der Waals surface area (Å²) in [5, 5.41) is 16.7. The fourth-order valence-corrected chi connectivity index (χ4v) is 1.06. The molecule has 0 saturated heterocycles. The highest BCUT2D eigenvalue weighted by Crippen LogP contribution is 2.03. The van der Waals surface area contributed by atoms with E-state index in [1.165, 1.54) is 14.2 Å². The highest BCUT2D eigenvalue weighted by Gasteiger charge is 2.15. The lowest BCUT2D eigenvalue weighted by molar-refractivity contribution is -0.144. The van der Waals surface area contributed by atoms with Gasteiger partial charge < -0.3 is 19.7 Å². The molecule has 22 heavy (non-hydrogen) atoms. The van der Waals surface area contributed by atoms with Crippen LogP contribution in [0.2, 0.25) is 0 Å². The minimum absolute atomic E-state index is 0.0376. The number of aliphatic hydroxyl groups is 2. The van der Waals surface area contributed by atoms with E-state index in [9.17, 15) is 19.2 Å². The molecule has 0 radical (unpaired) electrons. The molecule has 0 spiro atoms. The van der Waals surface area contributed by atoms with Gasteiger partial charge in [-0.2, -0.15) is 0 Å². The molecule has 0 aromatic heterocycles. The maximum atomic E-state index is 10.7. The second kappa shape index (κ2) is 12.7. The van der Waals surface area contributed by atoms with Crippen molar-refractivity contribution in [3.63, 3.8) is 0 Å². The second-order valence-corrected chi connectivity index (χ2v) is 4.24. The molecule has 0 aliphatic carbocycles. The molecule has 0 bridgehead atoms. The van der Waals surface area contributed by atoms with Gasteiger partial charge in [-0.05, 0) is 0 Å². The van der Waals surface area contributed by atoms with Crippen molar-refractivity contribution in [3.8, 4) is 0 Å². The Balaban J connectivity index is 0. The lowest BCUT2D eigenvalue weighted by Gasteiger charge is -2.05. The average molecular weight is 318 g/mol. The Morgan fingerprint density at radius 3 is 1.86 bits per heavy atom. The van der Waals surface area contributed by atoms with E-state index in [0.717, 1.165) is 0 Å². The van der Waals surface area contributed by atoms with Gasteiger partial charge in [-0.3, -0.25) is 19.2 Å². The smallest absolute Gasteiger partial charge is 0.310 e. The number of hydrogen-bond acceptors (Lipinski definition) is 8. The first-order chi connectivity index (χ1) is 10.2. The van der Waals surface area contributed by atoms with Crippen molar-refractivity contribution in [2.75, 3.05) is 27.4 Å². The van der Waals surface area contributed by atoms with Crippen molar-refractivity contribution in [2.24, 2.45) is 5.92 Å². The summed E-state index contributed by atoms with van der Waals surface area (Å²) < 4.78 is 8.62.